The SMILES string of the molecule is CC(C)Sc1c(OCC(C)(C)C(=O)N2CCC3(CCNC3)CC2)noc1C(=O)NC12CC3CC(CC(C3)C1)C2. The number of nitrogens with zero attached hydrogens (tertiary/aromatic N) is 2. The molecule has 2 aliphatic heterocycles. The van der Waals surface area contributed by atoms with Gasteiger partial charge in [-0.25, -0.2) is 0 Å². The average molecular weight is 559 g/mol. The van der Waals surface area contributed by atoms with E-state index in [1.807, 2.05) is 18.7 Å². The first-order valence-corrected chi connectivity index (χ1v) is 16.1. The van der Waals surface area contributed by atoms with Gasteiger partial charge in [0.2, 0.25) is 11.7 Å². The van der Waals surface area contributed by atoms with Gasteiger partial charge < -0.3 is 24.8 Å². The minimum absolute atomic E-state index is 0.102. The molecule has 9 heteroatoms. The molecule has 4 saturated carbocycles. The summed E-state index contributed by atoms with van der Waals surface area (Å²) in [5, 5.41) is 11.3. The molecule has 3 heterocycles. The number of carbonyl (C=O) groups is 2. The Balaban J connectivity index is 1.11. The maximum Gasteiger partial charge on any atom is 0.291 e. The van der Waals surface area contributed by atoms with Crippen LogP contribution < -0.4 is 15.4 Å². The number of ether oxygens (including phenoxy) is 1. The molecule has 216 valence electrons. The lowest BCUT2D eigenvalue weighted by atomic mass is 9.53. The number of likely N-dealkylation sites (tertiary alicyclic amines) is 1. The van der Waals surface area contributed by atoms with E-state index < -0.39 is 5.41 Å². The second kappa shape index (κ2) is 10.3. The molecule has 0 atom stereocenters. The van der Waals surface area contributed by atoms with Crippen LogP contribution in [0.3, 0.4) is 0 Å². The van der Waals surface area contributed by atoms with Gasteiger partial charge in [-0.1, -0.05) is 13.8 Å². The second-order valence-electron chi connectivity index (χ2n) is 14.4. The third-order valence-electron chi connectivity index (χ3n) is 10.2. The highest BCUT2D eigenvalue weighted by molar-refractivity contribution is 8.00. The molecule has 0 unspecified atom stereocenters. The van der Waals surface area contributed by atoms with Crippen LogP contribution in [0.4, 0.5) is 0 Å². The van der Waals surface area contributed by atoms with Gasteiger partial charge in [0, 0.05) is 30.4 Å². The molecule has 1 aromatic rings. The predicted octanol–water partition coefficient (Wildman–Crippen LogP) is 4.88. The van der Waals surface area contributed by atoms with Gasteiger partial charge in [0.25, 0.3) is 11.8 Å². The molecule has 8 nitrogen and oxygen atoms in total. The summed E-state index contributed by atoms with van der Waals surface area (Å²) in [6, 6.07) is 0. The highest BCUT2D eigenvalue weighted by atomic mass is 32.2. The largest absolute Gasteiger partial charge is 0.474 e. The molecule has 4 bridgehead atoms. The Morgan fingerprint density at radius 2 is 1.77 bits per heavy atom. The topological polar surface area (TPSA) is 96.7 Å². The summed E-state index contributed by atoms with van der Waals surface area (Å²) in [4.78, 5) is 29.7. The number of aromatic nitrogens is 1. The molecule has 39 heavy (non-hydrogen) atoms. The van der Waals surface area contributed by atoms with Crippen molar-refractivity contribution in [1.82, 2.24) is 20.7 Å². The summed E-state index contributed by atoms with van der Waals surface area (Å²) in [5.74, 6) is 2.74. The van der Waals surface area contributed by atoms with E-state index in [0.717, 1.165) is 76.0 Å². The smallest absolute Gasteiger partial charge is 0.291 e. The number of piperidine rings is 1. The van der Waals surface area contributed by atoms with Crippen molar-refractivity contribution in [3.63, 3.8) is 0 Å². The number of carbonyl (C=O) groups excluding carboxylic acids is 2. The van der Waals surface area contributed by atoms with E-state index in [0.29, 0.717) is 16.2 Å². The molecule has 6 fully saturated rings. The van der Waals surface area contributed by atoms with Gasteiger partial charge in [-0.3, -0.25) is 9.59 Å². The van der Waals surface area contributed by atoms with Crippen LogP contribution in [-0.2, 0) is 4.79 Å². The van der Waals surface area contributed by atoms with Crippen molar-refractivity contribution in [1.29, 1.82) is 0 Å². The standard InChI is InChI=1S/C30H46N4O4S/c1-19(2)39-24-23(25(35)32-30-14-20-11-21(15-30)13-22(12-20)16-30)38-33-26(24)37-18-28(3,4)27(36)34-9-6-29(7-10-34)5-8-31-17-29/h19-22,31H,5-18H2,1-4H3,(H,32,35). The average Bonchev–Trinajstić information content (AvgIpc) is 3.48. The van der Waals surface area contributed by atoms with Crippen molar-refractivity contribution < 1.29 is 18.8 Å². The van der Waals surface area contributed by atoms with Gasteiger partial charge in [-0.05, 0) is 107 Å². The maximum absolute atomic E-state index is 13.6. The quantitative estimate of drug-likeness (QED) is 0.439. The number of hydrogen-bond donors (Lipinski definition) is 2. The molecule has 4 aliphatic carbocycles. The molecule has 6 aliphatic rings. The molecule has 2 N–H and O–H groups in total. The van der Waals surface area contributed by atoms with Gasteiger partial charge in [-0.15, -0.1) is 11.8 Å². The monoisotopic (exact) mass is 558 g/mol. The molecule has 2 saturated heterocycles. The van der Waals surface area contributed by atoms with E-state index in [-0.39, 0.29) is 35.0 Å². The third-order valence-corrected chi connectivity index (χ3v) is 11.3. The van der Waals surface area contributed by atoms with Crippen molar-refractivity contribution in [2.75, 3.05) is 32.8 Å². The van der Waals surface area contributed by atoms with Gasteiger partial charge in [0.1, 0.15) is 11.5 Å². The minimum Gasteiger partial charge on any atom is -0.474 e. The molecule has 1 aromatic heterocycles. The lowest BCUT2D eigenvalue weighted by molar-refractivity contribution is -0.144. The summed E-state index contributed by atoms with van der Waals surface area (Å²) in [6.45, 7) is 12.0. The molecular weight excluding hydrogens is 512 g/mol. The molecule has 7 rings (SSSR count). The van der Waals surface area contributed by atoms with Crippen molar-refractivity contribution in [2.45, 2.75) is 101 Å². The maximum atomic E-state index is 13.6. The van der Waals surface area contributed by atoms with E-state index in [9.17, 15) is 9.59 Å². The predicted molar refractivity (Wildman–Crippen MR) is 151 cm³/mol. The fraction of sp³-hybridized carbons (Fsp3) is 0.833. The molecule has 0 radical (unpaired) electrons. The van der Waals surface area contributed by atoms with Crippen molar-refractivity contribution >= 4 is 23.6 Å². The molecule has 0 aromatic carbocycles. The first-order valence-electron chi connectivity index (χ1n) is 15.2. The van der Waals surface area contributed by atoms with E-state index in [2.05, 4.69) is 29.6 Å². The van der Waals surface area contributed by atoms with Crippen LogP contribution in [0.2, 0.25) is 0 Å². The van der Waals surface area contributed by atoms with Crippen LogP contribution in [0, 0.1) is 28.6 Å². The lowest BCUT2D eigenvalue weighted by Crippen LogP contribution is -2.59. The Kier molecular flexibility index (Phi) is 7.22. The highest BCUT2D eigenvalue weighted by Gasteiger charge is 2.52. The highest BCUT2D eigenvalue weighted by Crippen LogP contribution is 2.55. The number of thioether (sulfide) groups is 1. The fourth-order valence-electron chi connectivity index (χ4n) is 8.55. The molecular formula is C30H46N4O4S. The molecule has 2 amide bonds. The summed E-state index contributed by atoms with van der Waals surface area (Å²) in [5.41, 5.74) is -0.442. The zero-order valence-electron chi connectivity index (χ0n) is 24.1. The fourth-order valence-corrected chi connectivity index (χ4v) is 9.45. The van der Waals surface area contributed by atoms with Gasteiger partial charge >= 0.3 is 0 Å². The summed E-state index contributed by atoms with van der Waals surface area (Å²) < 4.78 is 11.8. The molecule has 1 spiro atoms. The third kappa shape index (κ3) is 5.46. The van der Waals surface area contributed by atoms with Crippen LogP contribution in [0.15, 0.2) is 9.42 Å². The Labute approximate surface area is 237 Å². The normalized spacial score (nSPS) is 31.3. The lowest BCUT2D eigenvalue weighted by Gasteiger charge is -2.56. The van der Waals surface area contributed by atoms with Gasteiger partial charge in [0.05, 0.1) is 5.41 Å². The van der Waals surface area contributed by atoms with E-state index in [1.165, 1.54) is 37.4 Å². The van der Waals surface area contributed by atoms with E-state index >= 15 is 0 Å². The Morgan fingerprint density at radius 3 is 2.33 bits per heavy atom. The number of hydrogen-bond acceptors (Lipinski definition) is 7. The van der Waals surface area contributed by atoms with Gasteiger partial charge in [0.15, 0.2) is 0 Å². The second-order valence-corrected chi connectivity index (χ2v) is 15.9. The van der Waals surface area contributed by atoms with E-state index in [1.54, 1.807) is 0 Å². The van der Waals surface area contributed by atoms with Crippen molar-refractivity contribution in [2.24, 2.45) is 28.6 Å². The number of nitrogens with one attached hydrogen (secondary N) is 2. The first kappa shape index (κ1) is 27.4. The van der Waals surface area contributed by atoms with Crippen LogP contribution in [-0.4, -0.2) is 65.4 Å². The van der Waals surface area contributed by atoms with Crippen molar-refractivity contribution in [3.05, 3.63) is 5.76 Å². The Bertz CT molecular complexity index is 1050. The zero-order chi connectivity index (χ0) is 27.4. The van der Waals surface area contributed by atoms with Crippen LogP contribution in [0.5, 0.6) is 5.88 Å². The summed E-state index contributed by atoms with van der Waals surface area (Å²) in [7, 11) is 0. The van der Waals surface area contributed by atoms with Crippen LogP contribution >= 0.6 is 11.8 Å². The zero-order valence-corrected chi connectivity index (χ0v) is 25.0. The van der Waals surface area contributed by atoms with E-state index in [4.69, 9.17) is 9.26 Å². The number of rotatable bonds is 8. The van der Waals surface area contributed by atoms with Crippen LogP contribution in [0.1, 0.15) is 96.0 Å². The van der Waals surface area contributed by atoms with Gasteiger partial charge in [-0.2, -0.15) is 0 Å². The summed E-state index contributed by atoms with van der Waals surface area (Å²) in [6.07, 6.45) is 10.6. The minimum atomic E-state index is -0.710. The Hall–Kier alpha value is -1.74. The number of amides is 2. The summed E-state index contributed by atoms with van der Waals surface area (Å²) >= 11 is 1.53. The van der Waals surface area contributed by atoms with Crippen LogP contribution in [0.25, 0.3) is 0 Å². The first-order chi connectivity index (χ1) is 18.6. The van der Waals surface area contributed by atoms with Crippen molar-refractivity contribution in [3.8, 4) is 5.88 Å². The Morgan fingerprint density at radius 1 is 1.13 bits per heavy atom.